The first kappa shape index (κ1) is 16.0. The van der Waals surface area contributed by atoms with Crippen molar-refractivity contribution < 1.29 is 9.47 Å². The van der Waals surface area contributed by atoms with Crippen molar-refractivity contribution in [2.45, 2.75) is 32.0 Å². The van der Waals surface area contributed by atoms with Gasteiger partial charge >= 0.3 is 0 Å². The van der Waals surface area contributed by atoms with Gasteiger partial charge in [-0.05, 0) is 25.5 Å². The lowest BCUT2D eigenvalue weighted by Gasteiger charge is -2.26. The van der Waals surface area contributed by atoms with Crippen LogP contribution in [0.25, 0.3) is 0 Å². The van der Waals surface area contributed by atoms with Crippen molar-refractivity contribution >= 4 is 0 Å². The summed E-state index contributed by atoms with van der Waals surface area (Å²) < 4.78 is 12.9. The number of imidazole rings is 1. The maximum absolute atomic E-state index is 5.55. The van der Waals surface area contributed by atoms with Gasteiger partial charge in [-0.1, -0.05) is 18.2 Å². The van der Waals surface area contributed by atoms with Crippen molar-refractivity contribution in [3.63, 3.8) is 0 Å². The van der Waals surface area contributed by atoms with Crippen molar-refractivity contribution in [3.8, 4) is 5.75 Å². The van der Waals surface area contributed by atoms with E-state index in [9.17, 15) is 0 Å². The molecule has 0 amide bonds. The van der Waals surface area contributed by atoms with Crippen LogP contribution in [0, 0.1) is 0 Å². The van der Waals surface area contributed by atoms with Gasteiger partial charge < -0.3 is 14.0 Å². The summed E-state index contributed by atoms with van der Waals surface area (Å²) in [5.41, 5.74) is 1.28. The standard InChI is InChI=1S/C18H25N3O2/c1-22-13-12-20-11-9-19-18(20)14-21-10-5-7-16(21)15-6-3-4-8-17(15)23-2/h3-4,6,8-9,11,16H,5,7,10,12-14H2,1-2H3/t16-/m0/s1. The number of ether oxygens (including phenoxy) is 2. The Morgan fingerprint density at radius 1 is 1.26 bits per heavy atom. The lowest BCUT2D eigenvalue weighted by molar-refractivity contribution is 0.182. The fourth-order valence-electron chi connectivity index (χ4n) is 3.38. The van der Waals surface area contributed by atoms with Crippen molar-refractivity contribution in [1.29, 1.82) is 0 Å². The highest BCUT2D eigenvalue weighted by Crippen LogP contribution is 2.37. The molecule has 0 aliphatic carbocycles. The van der Waals surface area contributed by atoms with E-state index < -0.39 is 0 Å². The molecule has 0 radical (unpaired) electrons. The summed E-state index contributed by atoms with van der Waals surface area (Å²) in [7, 11) is 3.48. The van der Waals surface area contributed by atoms with Gasteiger partial charge in [-0.2, -0.15) is 0 Å². The van der Waals surface area contributed by atoms with Crippen LogP contribution >= 0.6 is 0 Å². The van der Waals surface area contributed by atoms with E-state index in [0.29, 0.717) is 12.6 Å². The van der Waals surface area contributed by atoms with Crippen LogP contribution in [0.3, 0.4) is 0 Å². The molecule has 0 unspecified atom stereocenters. The molecular formula is C18H25N3O2. The van der Waals surface area contributed by atoms with Gasteiger partial charge in [0.2, 0.25) is 0 Å². The molecule has 1 atom stereocenters. The van der Waals surface area contributed by atoms with E-state index in [1.807, 2.05) is 24.5 Å². The van der Waals surface area contributed by atoms with E-state index in [2.05, 4.69) is 26.6 Å². The minimum atomic E-state index is 0.402. The number of methoxy groups -OCH3 is 2. The highest BCUT2D eigenvalue weighted by Gasteiger charge is 2.28. The summed E-state index contributed by atoms with van der Waals surface area (Å²) in [6.07, 6.45) is 6.28. The fourth-order valence-corrected chi connectivity index (χ4v) is 3.38. The second-order valence-corrected chi connectivity index (χ2v) is 5.90. The molecule has 1 saturated heterocycles. The lowest BCUT2D eigenvalue weighted by atomic mass is 10.0. The molecule has 3 rings (SSSR count). The van der Waals surface area contributed by atoms with Crippen LogP contribution in [0.2, 0.25) is 0 Å². The van der Waals surface area contributed by atoms with Crippen molar-refractivity contribution in [2.24, 2.45) is 0 Å². The predicted octanol–water partition coefficient (Wildman–Crippen LogP) is 2.88. The predicted molar refractivity (Wildman–Crippen MR) is 89.5 cm³/mol. The molecule has 1 fully saturated rings. The fraction of sp³-hybridized carbons (Fsp3) is 0.500. The molecule has 1 aliphatic heterocycles. The Balaban J connectivity index is 1.76. The maximum atomic E-state index is 5.55. The first-order valence-electron chi connectivity index (χ1n) is 8.19. The third kappa shape index (κ3) is 3.57. The largest absolute Gasteiger partial charge is 0.496 e. The second-order valence-electron chi connectivity index (χ2n) is 5.90. The van der Waals surface area contributed by atoms with Crippen molar-refractivity contribution in [3.05, 3.63) is 48.0 Å². The molecule has 1 aromatic heterocycles. The van der Waals surface area contributed by atoms with Gasteiger partial charge in [-0.25, -0.2) is 4.98 Å². The molecule has 2 aromatic rings. The summed E-state index contributed by atoms with van der Waals surface area (Å²) in [5.74, 6) is 2.08. The summed E-state index contributed by atoms with van der Waals surface area (Å²) in [5, 5.41) is 0. The molecule has 23 heavy (non-hydrogen) atoms. The summed E-state index contributed by atoms with van der Waals surface area (Å²) >= 11 is 0. The first-order valence-corrected chi connectivity index (χ1v) is 8.19. The highest BCUT2D eigenvalue weighted by molar-refractivity contribution is 5.36. The molecule has 0 saturated carbocycles. The molecular weight excluding hydrogens is 290 g/mol. The van der Waals surface area contributed by atoms with Crippen LogP contribution in [0.5, 0.6) is 5.75 Å². The number of aromatic nitrogens is 2. The monoisotopic (exact) mass is 315 g/mol. The Morgan fingerprint density at radius 2 is 2.13 bits per heavy atom. The molecule has 5 heteroatoms. The Kier molecular flexibility index (Phi) is 5.31. The molecule has 124 valence electrons. The number of hydrogen-bond acceptors (Lipinski definition) is 4. The zero-order valence-electron chi connectivity index (χ0n) is 13.9. The molecule has 0 bridgehead atoms. The van der Waals surface area contributed by atoms with E-state index in [4.69, 9.17) is 9.47 Å². The zero-order valence-corrected chi connectivity index (χ0v) is 13.9. The number of likely N-dealkylation sites (tertiary alicyclic amines) is 1. The van der Waals surface area contributed by atoms with Crippen LogP contribution in [0.1, 0.15) is 30.3 Å². The van der Waals surface area contributed by atoms with Gasteiger partial charge in [-0.3, -0.25) is 4.90 Å². The van der Waals surface area contributed by atoms with Gasteiger partial charge in [0.1, 0.15) is 11.6 Å². The number of nitrogens with zero attached hydrogens (tertiary/aromatic N) is 3. The van der Waals surface area contributed by atoms with Gasteiger partial charge in [0.25, 0.3) is 0 Å². The molecule has 0 N–H and O–H groups in total. The molecule has 5 nitrogen and oxygen atoms in total. The van der Waals surface area contributed by atoms with Gasteiger partial charge in [0.05, 0.1) is 20.3 Å². The average molecular weight is 315 g/mol. The zero-order chi connectivity index (χ0) is 16.1. The van der Waals surface area contributed by atoms with Crippen LogP contribution in [-0.4, -0.2) is 41.8 Å². The minimum absolute atomic E-state index is 0.402. The van der Waals surface area contributed by atoms with Crippen LogP contribution < -0.4 is 4.74 Å². The van der Waals surface area contributed by atoms with Crippen LogP contribution in [-0.2, 0) is 17.8 Å². The third-order valence-corrected chi connectivity index (χ3v) is 4.54. The maximum Gasteiger partial charge on any atom is 0.123 e. The van der Waals surface area contributed by atoms with E-state index in [0.717, 1.165) is 31.2 Å². The Bertz CT molecular complexity index is 626. The SMILES string of the molecule is COCCn1ccnc1CN1CCC[C@H]1c1ccccc1OC. The van der Waals surface area contributed by atoms with E-state index in [1.165, 1.54) is 18.4 Å². The molecule has 1 aliphatic rings. The number of hydrogen-bond donors (Lipinski definition) is 0. The van der Waals surface area contributed by atoms with Gasteiger partial charge in [-0.15, -0.1) is 0 Å². The first-order chi connectivity index (χ1) is 11.3. The summed E-state index contributed by atoms with van der Waals surface area (Å²) in [4.78, 5) is 7.04. The topological polar surface area (TPSA) is 39.5 Å². The van der Waals surface area contributed by atoms with Crippen molar-refractivity contribution in [1.82, 2.24) is 14.5 Å². The number of rotatable bonds is 7. The number of benzene rings is 1. The summed E-state index contributed by atoms with van der Waals surface area (Å²) in [6.45, 7) is 3.51. The smallest absolute Gasteiger partial charge is 0.123 e. The van der Waals surface area contributed by atoms with E-state index in [-0.39, 0.29) is 0 Å². The second kappa shape index (κ2) is 7.62. The highest BCUT2D eigenvalue weighted by atomic mass is 16.5. The lowest BCUT2D eigenvalue weighted by Crippen LogP contribution is -2.25. The molecule has 1 aromatic carbocycles. The molecule has 0 spiro atoms. The van der Waals surface area contributed by atoms with Gasteiger partial charge in [0.15, 0.2) is 0 Å². The average Bonchev–Trinajstić information content (AvgIpc) is 3.22. The number of para-hydroxylation sites is 1. The van der Waals surface area contributed by atoms with E-state index in [1.54, 1.807) is 14.2 Å². The molecule has 2 heterocycles. The van der Waals surface area contributed by atoms with E-state index >= 15 is 0 Å². The third-order valence-electron chi connectivity index (χ3n) is 4.54. The Labute approximate surface area is 137 Å². The normalized spacial score (nSPS) is 18.4. The van der Waals surface area contributed by atoms with Crippen LogP contribution in [0.4, 0.5) is 0 Å². The van der Waals surface area contributed by atoms with Crippen molar-refractivity contribution in [2.75, 3.05) is 27.4 Å². The minimum Gasteiger partial charge on any atom is -0.496 e. The Hall–Kier alpha value is -1.85. The quantitative estimate of drug-likeness (QED) is 0.787. The summed E-state index contributed by atoms with van der Waals surface area (Å²) in [6, 6.07) is 8.75. The Morgan fingerprint density at radius 3 is 2.96 bits per heavy atom. The van der Waals surface area contributed by atoms with Crippen LogP contribution in [0.15, 0.2) is 36.7 Å². The van der Waals surface area contributed by atoms with Gasteiger partial charge in [0, 0.05) is 37.7 Å².